The summed E-state index contributed by atoms with van der Waals surface area (Å²) < 4.78 is 46.2. The Bertz CT molecular complexity index is 978. The summed E-state index contributed by atoms with van der Waals surface area (Å²) in [6, 6.07) is -5.64. The topological polar surface area (TPSA) is 224 Å². The Morgan fingerprint density at radius 2 is 1.29 bits per heavy atom. The number of rotatable bonds is 17. The molecule has 0 saturated carbocycles. The molecule has 0 aromatic rings. The van der Waals surface area contributed by atoms with E-state index in [2.05, 4.69) is 30.7 Å². The molecule has 5 amide bonds. The van der Waals surface area contributed by atoms with Gasteiger partial charge in [-0.1, -0.05) is 0 Å². The molecule has 5 atom stereocenters. The highest BCUT2D eigenvalue weighted by Gasteiger charge is 2.38. The van der Waals surface area contributed by atoms with Crippen molar-refractivity contribution in [2.75, 3.05) is 20.8 Å². The number of hydrogen-bond acceptors (Lipinski definition) is 10. The highest BCUT2D eigenvalue weighted by atomic mass is 19.4. The van der Waals surface area contributed by atoms with Crippen LogP contribution >= 0.6 is 0 Å². The van der Waals surface area contributed by atoms with Gasteiger partial charge in [-0.05, 0) is 46.5 Å². The molecule has 0 radical (unpaired) electrons. The minimum absolute atomic E-state index is 0.0157. The molecule has 240 valence electrons. The molecule has 0 aromatic heterocycles. The minimum atomic E-state index is -5.05. The third-order valence-corrected chi connectivity index (χ3v) is 5.66. The molecule has 18 heteroatoms. The first-order chi connectivity index (χ1) is 19.4. The third-order valence-electron chi connectivity index (χ3n) is 5.66. The fourth-order valence-corrected chi connectivity index (χ4v) is 3.23. The summed E-state index contributed by atoms with van der Waals surface area (Å²) >= 11 is 0. The van der Waals surface area contributed by atoms with Crippen LogP contribution in [-0.2, 0) is 43.0 Å². The Balaban J connectivity index is 5.37. The summed E-state index contributed by atoms with van der Waals surface area (Å²) in [5.41, 5.74) is 5.48. The van der Waals surface area contributed by atoms with E-state index in [0.717, 1.165) is 14.2 Å². The van der Waals surface area contributed by atoms with Crippen molar-refractivity contribution in [3.05, 3.63) is 0 Å². The maximum absolute atomic E-state index is 12.9. The van der Waals surface area contributed by atoms with Crippen molar-refractivity contribution in [2.45, 2.75) is 89.3 Å². The van der Waals surface area contributed by atoms with E-state index >= 15 is 0 Å². The predicted molar refractivity (Wildman–Crippen MR) is 139 cm³/mol. The summed E-state index contributed by atoms with van der Waals surface area (Å²) in [7, 11) is 2.20. The van der Waals surface area contributed by atoms with Gasteiger partial charge < -0.3 is 41.8 Å². The molecule has 7 N–H and O–H groups in total. The number of alkyl halides is 3. The Labute approximate surface area is 240 Å². The maximum atomic E-state index is 12.9. The Hall–Kier alpha value is -3.96. The van der Waals surface area contributed by atoms with E-state index in [1.807, 2.05) is 0 Å². The summed E-state index contributed by atoms with van der Waals surface area (Å²) in [6.45, 7) is 3.69. The zero-order valence-electron chi connectivity index (χ0n) is 24.0. The number of carbonyl (C=O) groups excluding carboxylic acids is 7. The van der Waals surface area contributed by atoms with Crippen molar-refractivity contribution in [1.29, 1.82) is 0 Å². The average Bonchev–Trinajstić information content (AvgIpc) is 2.92. The number of nitrogens with one attached hydrogen (secondary N) is 5. The Kier molecular flexibility index (Phi) is 16.7. The smallest absolute Gasteiger partial charge is 0.467 e. The largest absolute Gasteiger partial charge is 0.471 e. The lowest BCUT2D eigenvalue weighted by atomic mass is 10.1. The molecular weight excluding hydrogens is 573 g/mol. The van der Waals surface area contributed by atoms with Crippen molar-refractivity contribution < 1.29 is 56.2 Å². The normalized spacial score (nSPS) is 14.6. The fourth-order valence-electron chi connectivity index (χ4n) is 3.23. The molecule has 0 heterocycles. The fraction of sp³-hybridized carbons (Fsp3) is 0.708. The van der Waals surface area contributed by atoms with Gasteiger partial charge in [0.05, 0.1) is 20.3 Å². The molecule has 0 bridgehead atoms. The number of ether oxygens (including phenoxy) is 2. The predicted octanol–water partition coefficient (Wildman–Crippen LogP) is -1.71. The average molecular weight is 613 g/mol. The van der Waals surface area contributed by atoms with E-state index < -0.39 is 77.9 Å². The van der Waals surface area contributed by atoms with Gasteiger partial charge in [0, 0.05) is 13.0 Å². The van der Waals surface area contributed by atoms with Crippen LogP contribution in [0.15, 0.2) is 0 Å². The zero-order valence-corrected chi connectivity index (χ0v) is 24.0. The van der Waals surface area contributed by atoms with Crippen molar-refractivity contribution in [3.63, 3.8) is 0 Å². The second-order valence-electron chi connectivity index (χ2n) is 9.26. The van der Waals surface area contributed by atoms with Gasteiger partial charge in [-0.15, -0.1) is 0 Å². The van der Waals surface area contributed by atoms with Crippen molar-refractivity contribution in [3.8, 4) is 0 Å². The van der Waals surface area contributed by atoms with Gasteiger partial charge in [0.2, 0.25) is 23.6 Å². The number of methoxy groups -OCH3 is 2. The van der Waals surface area contributed by atoms with Gasteiger partial charge in [-0.25, -0.2) is 9.59 Å². The second-order valence-corrected chi connectivity index (χ2v) is 9.26. The lowest BCUT2D eigenvalue weighted by Gasteiger charge is -2.23. The van der Waals surface area contributed by atoms with Gasteiger partial charge >= 0.3 is 24.0 Å². The molecule has 0 aromatic carbocycles. The van der Waals surface area contributed by atoms with Crippen molar-refractivity contribution >= 4 is 41.5 Å². The number of nitrogens with two attached hydrogens (primary N) is 1. The maximum Gasteiger partial charge on any atom is 0.471 e. The van der Waals surface area contributed by atoms with Crippen LogP contribution in [0, 0.1) is 0 Å². The van der Waals surface area contributed by atoms with Crippen molar-refractivity contribution in [2.24, 2.45) is 5.73 Å². The van der Waals surface area contributed by atoms with Crippen LogP contribution in [-0.4, -0.2) is 98.6 Å². The van der Waals surface area contributed by atoms with E-state index in [0.29, 0.717) is 0 Å². The molecule has 0 rings (SSSR count). The highest BCUT2D eigenvalue weighted by molar-refractivity contribution is 5.93. The summed E-state index contributed by atoms with van der Waals surface area (Å²) in [5, 5.41) is 11.2. The first-order valence-electron chi connectivity index (χ1n) is 12.9. The first kappa shape index (κ1) is 38.0. The van der Waals surface area contributed by atoms with E-state index in [4.69, 9.17) is 5.73 Å². The molecule has 0 aliphatic carbocycles. The molecule has 0 fully saturated rings. The van der Waals surface area contributed by atoms with Gasteiger partial charge in [0.15, 0.2) is 0 Å². The van der Waals surface area contributed by atoms with Crippen LogP contribution in [0.4, 0.5) is 13.2 Å². The highest BCUT2D eigenvalue weighted by Crippen LogP contribution is 2.14. The van der Waals surface area contributed by atoms with Crippen LogP contribution in [0.1, 0.15) is 52.9 Å². The van der Waals surface area contributed by atoms with E-state index in [-0.39, 0.29) is 38.6 Å². The van der Waals surface area contributed by atoms with Gasteiger partial charge in [0.1, 0.15) is 24.2 Å². The van der Waals surface area contributed by atoms with Gasteiger partial charge in [-0.2, -0.15) is 13.2 Å². The molecule has 0 aliphatic rings. The summed E-state index contributed by atoms with van der Waals surface area (Å²) in [4.78, 5) is 84.3. The summed E-state index contributed by atoms with van der Waals surface area (Å²) in [5.74, 6) is -6.67. The van der Waals surface area contributed by atoms with Crippen LogP contribution in [0.5, 0.6) is 0 Å². The minimum Gasteiger partial charge on any atom is -0.467 e. The van der Waals surface area contributed by atoms with Crippen LogP contribution in [0.25, 0.3) is 0 Å². The number of halogens is 3. The number of amides is 5. The van der Waals surface area contributed by atoms with E-state index in [1.54, 1.807) is 5.32 Å². The number of unbranched alkanes of at least 4 members (excludes halogenated alkanes) is 1. The monoisotopic (exact) mass is 612 g/mol. The zero-order chi connectivity index (χ0) is 32.6. The summed E-state index contributed by atoms with van der Waals surface area (Å²) in [6.07, 6.45) is -5.65. The molecule has 5 unspecified atom stereocenters. The lowest BCUT2D eigenvalue weighted by Crippen LogP contribution is -2.54. The van der Waals surface area contributed by atoms with Crippen LogP contribution in [0.2, 0.25) is 0 Å². The van der Waals surface area contributed by atoms with Crippen LogP contribution in [0.3, 0.4) is 0 Å². The lowest BCUT2D eigenvalue weighted by molar-refractivity contribution is -0.173. The molecule has 0 aliphatic heterocycles. The van der Waals surface area contributed by atoms with E-state index in [1.165, 1.54) is 20.8 Å². The van der Waals surface area contributed by atoms with E-state index in [9.17, 15) is 46.7 Å². The van der Waals surface area contributed by atoms with Crippen molar-refractivity contribution in [1.82, 2.24) is 26.6 Å². The number of carbonyl (C=O) groups is 7. The third kappa shape index (κ3) is 14.6. The molecule has 42 heavy (non-hydrogen) atoms. The molecule has 15 nitrogen and oxygen atoms in total. The second kappa shape index (κ2) is 18.5. The molecular formula is C24H39F3N6O9. The SMILES string of the molecule is COC(=O)C(C)NC(=O)C(C)NC(=O)C(CCCCNC(=O)C(F)(F)F)NC(=O)CCC(NC(=O)C(C)N)C(=O)OC. The Morgan fingerprint density at radius 3 is 1.81 bits per heavy atom. The van der Waals surface area contributed by atoms with Gasteiger partial charge in [-0.3, -0.25) is 24.0 Å². The number of esters is 2. The van der Waals surface area contributed by atoms with Crippen LogP contribution < -0.4 is 32.3 Å². The quantitative estimate of drug-likeness (QED) is 0.0805. The standard InChI is InChI=1S/C24H39F3N6O9/c1-12(28)18(35)33-16(22(39)42-5)9-10-17(34)32-15(8-6-7-11-29-23(40)24(25,26)27)20(37)30-13(2)19(36)31-14(3)21(38)41-4/h12-16H,6-11,28H2,1-5H3,(H,29,40)(H,30,37)(H,31,36)(H,32,34)(H,33,35). The molecule has 0 spiro atoms. The Morgan fingerprint density at radius 1 is 0.714 bits per heavy atom. The number of hydrogen-bond donors (Lipinski definition) is 6. The first-order valence-corrected chi connectivity index (χ1v) is 12.9. The van der Waals surface area contributed by atoms with Gasteiger partial charge in [0.25, 0.3) is 0 Å². The molecule has 0 saturated heterocycles.